The standard InChI is InChI=1S/C19H24N2O/c1-14-17-6-5-11-20(17)12-13-21(14)18(22)15-7-9-16(10-8-15)19(2,3)4/h5-11,14H,12-13H2,1-4H3/t14-/m1/s1. The highest BCUT2D eigenvalue weighted by atomic mass is 16.2. The Balaban J connectivity index is 1.83. The second-order valence-electron chi connectivity index (χ2n) is 7.13. The van der Waals surface area contributed by atoms with E-state index in [9.17, 15) is 4.79 Å². The zero-order valence-corrected chi connectivity index (χ0v) is 13.8. The Kier molecular flexibility index (Phi) is 3.59. The zero-order chi connectivity index (χ0) is 15.9. The molecule has 0 aliphatic carbocycles. The van der Waals surface area contributed by atoms with Crippen LogP contribution in [0.3, 0.4) is 0 Å². The second kappa shape index (κ2) is 5.31. The van der Waals surface area contributed by atoms with Crippen molar-refractivity contribution in [1.82, 2.24) is 9.47 Å². The van der Waals surface area contributed by atoms with Crippen molar-refractivity contribution < 1.29 is 4.79 Å². The third-order valence-electron chi connectivity index (χ3n) is 4.60. The number of rotatable bonds is 1. The van der Waals surface area contributed by atoms with Crippen molar-refractivity contribution >= 4 is 5.91 Å². The van der Waals surface area contributed by atoms with Crippen molar-refractivity contribution in [2.75, 3.05) is 6.54 Å². The van der Waals surface area contributed by atoms with Gasteiger partial charge < -0.3 is 9.47 Å². The molecule has 1 aliphatic rings. The van der Waals surface area contributed by atoms with Crippen molar-refractivity contribution in [2.45, 2.75) is 45.7 Å². The van der Waals surface area contributed by atoms with E-state index in [1.165, 1.54) is 11.3 Å². The highest BCUT2D eigenvalue weighted by Gasteiger charge is 2.28. The van der Waals surface area contributed by atoms with Crippen LogP contribution in [0.2, 0.25) is 0 Å². The number of hydrogen-bond donors (Lipinski definition) is 0. The number of nitrogens with zero attached hydrogens (tertiary/aromatic N) is 2. The molecule has 1 aliphatic heterocycles. The summed E-state index contributed by atoms with van der Waals surface area (Å²) in [6.07, 6.45) is 2.09. The predicted molar refractivity (Wildman–Crippen MR) is 89.0 cm³/mol. The van der Waals surface area contributed by atoms with E-state index in [1.807, 2.05) is 17.0 Å². The number of hydrogen-bond acceptors (Lipinski definition) is 1. The van der Waals surface area contributed by atoms with E-state index < -0.39 is 0 Å². The van der Waals surface area contributed by atoms with E-state index in [0.29, 0.717) is 0 Å². The highest BCUT2D eigenvalue weighted by Crippen LogP contribution is 2.28. The van der Waals surface area contributed by atoms with Gasteiger partial charge >= 0.3 is 0 Å². The molecule has 116 valence electrons. The van der Waals surface area contributed by atoms with Crippen LogP contribution in [0, 0.1) is 0 Å². The average Bonchev–Trinajstić information content (AvgIpc) is 2.96. The molecule has 0 fully saturated rings. The van der Waals surface area contributed by atoms with Crippen LogP contribution in [-0.4, -0.2) is 21.9 Å². The van der Waals surface area contributed by atoms with Crippen molar-refractivity contribution in [3.63, 3.8) is 0 Å². The molecular weight excluding hydrogens is 272 g/mol. The molecule has 3 nitrogen and oxygen atoms in total. The molecule has 0 bridgehead atoms. The number of benzene rings is 1. The number of amides is 1. The summed E-state index contributed by atoms with van der Waals surface area (Å²) >= 11 is 0. The number of aromatic nitrogens is 1. The molecule has 3 rings (SSSR count). The van der Waals surface area contributed by atoms with Gasteiger partial charge in [0.15, 0.2) is 0 Å². The summed E-state index contributed by atoms with van der Waals surface area (Å²) in [7, 11) is 0. The summed E-state index contributed by atoms with van der Waals surface area (Å²) < 4.78 is 2.23. The first-order valence-electron chi connectivity index (χ1n) is 7.94. The van der Waals surface area contributed by atoms with E-state index in [-0.39, 0.29) is 17.4 Å². The minimum atomic E-state index is 0.112. The van der Waals surface area contributed by atoms with Gasteiger partial charge in [-0.3, -0.25) is 4.79 Å². The lowest BCUT2D eigenvalue weighted by atomic mass is 9.86. The molecule has 1 amide bonds. The first kappa shape index (κ1) is 14.9. The van der Waals surface area contributed by atoms with E-state index in [0.717, 1.165) is 18.7 Å². The molecule has 0 N–H and O–H groups in total. The maximum absolute atomic E-state index is 12.8. The van der Waals surface area contributed by atoms with Crippen LogP contribution in [0.15, 0.2) is 42.6 Å². The van der Waals surface area contributed by atoms with Gasteiger partial charge in [-0.15, -0.1) is 0 Å². The molecule has 0 saturated carbocycles. The van der Waals surface area contributed by atoms with Crippen molar-refractivity contribution in [2.24, 2.45) is 0 Å². The van der Waals surface area contributed by atoms with Crippen molar-refractivity contribution in [3.05, 3.63) is 59.4 Å². The average molecular weight is 296 g/mol. The maximum atomic E-state index is 12.8. The number of fused-ring (bicyclic) bond motifs is 1. The lowest BCUT2D eigenvalue weighted by Crippen LogP contribution is -2.40. The Morgan fingerprint density at radius 1 is 1.09 bits per heavy atom. The van der Waals surface area contributed by atoms with Gasteiger partial charge in [0, 0.05) is 30.5 Å². The normalized spacial score (nSPS) is 18.2. The molecule has 0 spiro atoms. The summed E-state index contributed by atoms with van der Waals surface area (Å²) in [5, 5.41) is 0. The summed E-state index contributed by atoms with van der Waals surface area (Å²) in [4.78, 5) is 14.8. The molecular formula is C19H24N2O. The molecule has 1 aromatic carbocycles. The van der Waals surface area contributed by atoms with Crippen LogP contribution < -0.4 is 0 Å². The lowest BCUT2D eigenvalue weighted by molar-refractivity contribution is 0.0644. The summed E-state index contributed by atoms with van der Waals surface area (Å²) in [5.74, 6) is 0.125. The smallest absolute Gasteiger partial charge is 0.254 e. The first-order valence-corrected chi connectivity index (χ1v) is 7.94. The number of carbonyl (C=O) groups excluding carboxylic acids is 1. The molecule has 1 aromatic heterocycles. The van der Waals surface area contributed by atoms with E-state index in [1.54, 1.807) is 0 Å². The fourth-order valence-electron chi connectivity index (χ4n) is 3.14. The summed E-state index contributed by atoms with van der Waals surface area (Å²) in [5.41, 5.74) is 3.36. The fraction of sp³-hybridized carbons (Fsp3) is 0.421. The third kappa shape index (κ3) is 2.56. The van der Waals surface area contributed by atoms with Crippen LogP contribution in [0.4, 0.5) is 0 Å². The number of carbonyl (C=O) groups is 1. The van der Waals surface area contributed by atoms with Crippen molar-refractivity contribution in [3.8, 4) is 0 Å². The van der Waals surface area contributed by atoms with Gasteiger partial charge in [0.25, 0.3) is 5.91 Å². The Morgan fingerprint density at radius 2 is 1.77 bits per heavy atom. The molecule has 1 atom stereocenters. The third-order valence-corrected chi connectivity index (χ3v) is 4.60. The SMILES string of the molecule is C[C@@H]1c2cccn2CCN1C(=O)c1ccc(C(C)(C)C)cc1. The minimum Gasteiger partial charge on any atom is -0.348 e. The monoisotopic (exact) mass is 296 g/mol. The second-order valence-corrected chi connectivity index (χ2v) is 7.13. The predicted octanol–water partition coefficient (Wildman–Crippen LogP) is 4.00. The Bertz CT molecular complexity index is 676. The van der Waals surface area contributed by atoms with Gasteiger partial charge in [-0.2, -0.15) is 0 Å². The molecule has 2 heterocycles. The summed E-state index contributed by atoms with van der Waals surface area (Å²) in [6.45, 7) is 10.3. The van der Waals surface area contributed by atoms with Gasteiger partial charge in [-0.1, -0.05) is 32.9 Å². The van der Waals surface area contributed by atoms with Crippen molar-refractivity contribution in [1.29, 1.82) is 0 Å². The van der Waals surface area contributed by atoms with Gasteiger partial charge in [-0.25, -0.2) is 0 Å². The first-order chi connectivity index (χ1) is 10.4. The topological polar surface area (TPSA) is 25.2 Å². The fourth-order valence-corrected chi connectivity index (χ4v) is 3.14. The van der Waals surface area contributed by atoms with Gasteiger partial charge in [-0.05, 0) is 42.2 Å². The van der Waals surface area contributed by atoms with Crippen LogP contribution in [-0.2, 0) is 12.0 Å². The van der Waals surface area contributed by atoms with Gasteiger partial charge in [0.1, 0.15) is 0 Å². The Hall–Kier alpha value is -2.03. The van der Waals surface area contributed by atoms with E-state index in [2.05, 4.69) is 62.7 Å². The zero-order valence-electron chi connectivity index (χ0n) is 13.8. The molecule has 3 heteroatoms. The van der Waals surface area contributed by atoms with Crippen LogP contribution >= 0.6 is 0 Å². The van der Waals surface area contributed by atoms with Crippen LogP contribution in [0.5, 0.6) is 0 Å². The lowest BCUT2D eigenvalue weighted by Gasteiger charge is -2.35. The molecule has 0 saturated heterocycles. The molecule has 2 aromatic rings. The molecule has 0 unspecified atom stereocenters. The van der Waals surface area contributed by atoms with Crippen LogP contribution in [0.1, 0.15) is 55.4 Å². The van der Waals surface area contributed by atoms with E-state index in [4.69, 9.17) is 0 Å². The Morgan fingerprint density at radius 3 is 2.41 bits per heavy atom. The van der Waals surface area contributed by atoms with Gasteiger partial charge in [0.05, 0.1) is 6.04 Å². The van der Waals surface area contributed by atoms with Gasteiger partial charge in [0.2, 0.25) is 0 Å². The molecule has 22 heavy (non-hydrogen) atoms. The summed E-state index contributed by atoms with van der Waals surface area (Å²) in [6, 6.07) is 12.4. The maximum Gasteiger partial charge on any atom is 0.254 e. The molecule has 0 radical (unpaired) electrons. The van der Waals surface area contributed by atoms with E-state index >= 15 is 0 Å². The highest BCUT2D eigenvalue weighted by molar-refractivity contribution is 5.94. The van der Waals surface area contributed by atoms with Crippen LogP contribution in [0.25, 0.3) is 0 Å². The largest absolute Gasteiger partial charge is 0.348 e. The minimum absolute atomic E-state index is 0.112. The Labute approximate surface area is 132 Å². The quantitative estimate of drug-likeness (QED) is 0.780.